The lowest BCUT2D eigenvalue weighted by Gasteiger charge is -2.38. The van der Waals surface area contributed by atoms with Crippen LogP contribution < -0.4 is 10.6 Å². The highest BCUT2D eigenvalue weighted by Gasteiger charge is 2.30. The Morgan fingerprint density at radius 3 is 2.13 bits per heavy atom. The van der Waals surface area contributed by atoms with Crippen molar-refractivity contribution in [2.24, 2.45) is 10.9 Å². The van der Waals surface area contributed by atoms with Crippen molar-refractivity contribution in [2.45, 2.75) is 65.5 Å². The molecule has 7 nitrogen and oxygen atoms in total. The third kappa shape index (κ3) is 8.86. The molecule has 0 aromatic carbocycles. The predicted octanol–water partition coefficient (Wildman–Crippen LogP) is 2.22. The zero-order valence-corrected chi connectivity index (χ0v) is 22.2. The maximum Gasteiger partial charge on any atom is 0.225 e. The summed E-state index contributed by atoms with van der Waals surface area (Å²) >= 11 is 0. The van der Waals surface area contributed by atoms with Crippen molar-refractivity contribution in [1.29, 1.82) is 0 Å². The Morgan fingerprint density at radius 1 is 1.03 bits per heavy atom. The van der Waals surface area contributed by atoms with Crippen LogP contribution in [0.5, 0.6) is 0 Å². The van der Waals surface area contributed by atoms with Gasteiger partial charge in [-0.2, -0.15) is 0 Å². The lowest BCUT2D eigenvalue weighted by Crippen LogP contribution is -2.52. The van der Waals surface area contributed by atoms with Gasteiger partial charge in [0.1, 0.15) is 0 Å². The zero-order valence-electron chi connectivity index (χ0n) is 19.8. The lowest BCUT2D eigenvalue weighted by molar-refractivity contribution is -0.139. The molecule has 0 aromatic rings. The topological polar surface area (TPSA) is 63.2 Å². The summed E-state index contributed by atoms with van der Waals surface area (Å²) in [7, 11) is 1.83. The van der Waals surface area contributed by atoms with E-state index in [4.69, 9.17) is 0 Å². The van der Waals surface area contributed by atoms with Crippen molar-refractivity contribution in [2.75, 3.05) is 59.4 Å². The Morgan fingerprint density at radius 2 is 1.63 bits per heavy atom. The third-order valence-electron chi connectivity index (χ3n) is 6.29. The van der Waals surface area contributed by atoms with Crippen LogP contribution in [0.1, 0.15) is 53.4 Å². The summed E-state index contributed by atoms with van der Waals surface area (Å²) in [6, 6.07) is 1.16. The van der Waals surface area contributed by atoms with Crippen LogP contribution in [0.3, 0.4) is 0 Å². The maximum atomic E-state index is 12.3. The van der Waals surface area contributed by atoms with Gasteiger partial charge < -0.3 is 15.5 Å². The van der Waals surface area contributed by atoms with E-state index >= 15 is 0 Å². The number of hydrogen-bond donors (Lipinski definition) is 2. The van der Waals surface area contributed by atoms with E-state index in [2.05, 4.69) is 58.0 Å². The molecule has 1 aliphatic carbocycles. The van der Waals surface area contributed by atoms with Crippen molar-refractivity contribution in [3.8, 4) is 0 Å². The minimum absolute atomic E-state index is 0. The average Bonchev–Trinajstić information content (AvgIpc) is 2.64. The number of piperazine rings is 1. The first-order chi connectivity index (χ1) is 13.9. The highest BCUT2D eigenvalue weighted by Crippen LogP contribution is 2.28. The van der Waals surface area contributed by atoms with Crippen molar-refractivity contribution in [3.63, 3.8) is 0 Å². The van der Waals surface area contributed by atoms with Crippen LogP contribution in [0.25, 0.3) is 0 Å². The van der Waals surface area contributed by atoms with Gasteiger partial charge in [0.2, 0.25) is 5.91 Å². The number of hydrogen-bond acceptors (Lipinski definition) is 4. The molecule has 1 heterocycles. The molecule has 176 valence electrons. The number of carbonyl (C=O) groups excluding carboxylic acids is 1. The Labute approximate surface area is 201 Å². The minimum atomic E-state index is 0. The van der Waals surface area contributed by atoms with Crippen LogP contribution in [0, 0.1) is 5.92 Å². The fourth-order valence-electron chi connectivity index (χ4n) is 4.24. The molecule has 1 aliphatic heterocycles. The first-order valence-electron chi connectivity index (χ1n) is 11.6. The second-order valence-corrected chi connectivity index (χ2v) is 9.00. The summed E-state index contributed by atoms with van der Waals surface area (Å²) in [5, 5.41) is 6.85. The van der Waals surface area contributed by atoms with Crippen LogP contribution in [0.2, 0.25) is 0 Å². The summed E-state index contributed by atoms with van der Waals surface area (Å²) in [4.78, 5) is 23.7. The van der Waals surface area contributed by atoms with Crippen molar-refractivity contribution in [1.82, 2.24) is 25.3 Å². The number of rotatable bonds is 10. The first-order valence-corrected chi connectivity index (χ1v) is 11.6. The zero-order chi connectivity index (χ0) is 21.2. The first kappa shape index (κ1) is 27.4. The second kappa shape index (κ2) is 14.5. The summed E-state index contributed by atoms with van der Waals surface area (Å²) in [5.41, 5.74) is 0. The molecule has 0 aromatic heterocycles. The van der Waals surface area contributed by atoms with Crippen molar-refractivity contribution in [3.05, 3.63) is 0 Å². The molecule has 0 unspecified atom stereocenters. The Bertz CT molecular complexity index is 508. The molecule has 1 amide bonds. The summed E-state index contributed by atoms with van der Waals surface area (Å²) in [6.07, 6.45) is 4.53. The monoisotopic (exact) mass is 536 g/mol. The number of aliphatic imine (C=N–C) groups is 1. The molecule has 1 saturated carbocycles. The van der Waals surface area contributed by atoms with Crippen LogP contribution in [-0.4, -0.2) is 98.1 Å². The molecule has 2 aliphatic rings. The van der Waals surface area contributed by atoms with E-state index in [0.717, 1.165) is 77.6 Å². The van der Waals surface area contributed by atoms with Gasteiger partial charge in [-0.3, -0.25) is 19.6 Å². The molecule has 0 bridgehead atoms. The van der Waals surface area contributed by atoms with Gasteiger partial charge in [-0.05, 0) is 47.0 Å². The fraction of sp³-hybridized carbons (Fsp3) is 0.909. The van der Waals surface area contributed by atoms with Crippen LogP contribution >= 0.6 is 24.0 Å². The van der Waals surface area contributed by atoms with Crippen LogP contribution in [-0.2, 0) is 4.79 Å². The third-order valence-corrected chi connectivity index (χ3v) is 6.29. The Balaban J connectivity index is 0.00000450. The smallest absolute Gasteiger partial charge is 0.225 e. The SMILES string of the molecule is CN=C(NCCCN(C(C)C)C(C)C)NCCN1CCN(C(=O)C2CCC2)CC1.I. The number of nitrogens with one attached hydrogen (secondary N) is 2. The second-order valence-electron chi connectivity index (χ2n) is 9.00. The molecule has 0 atom stereocenters. The largest absolute Gasteiger partial charge is 0.356 e. The number of carbonyl (C=O) groups is 1. The van der Waals surface area contributed by atoms with Crippen molar-refractivity contribution >= 4 is 35.8 Å². The van der Waals surface area contributed by atoms with Gasteiger partial charge in [0.25, 0.3) is 0 Å². The van der Waals surface area contributed by atoms with Crippen molar-refractivity contribution < 1.29 is 4.79 Å². The van der Waals surface area contributed by atoms with Gasteiger partial charge in [-0.25, -0.2) is 0 Å². The molecule has 0 spiro atoms. The standard InChI is InChI=1S/C22H44N6O.HI/c1-18(2)28(19(3)4)12-7-10-24-22(23-5)25-11-13-26-14-16-27(17-15-26)21(29)20-8-6-9-20;/h18-20H,6-17H2,1-5H3,(H2,23,24,25);1H. The quantitative estimate of drug-likeness (QED) is 0.194. The number of amides is 1. The Hall–Kier alpha value is -0.610. The van der Waals surface area contributed by atoms with E-state index in [1.165, 1.54) is 6.42 Å². The Kier molecular flexibility index (Phi) is 13.2. The molecule has 2 rings (SSSR count). The molecule has 2 fully saturated rings. The summed E-state index contributed by atoms with van der Waals surface area (Å²) in [6.45, 7) is 16.7. The minimum Gasteiger partial charge on any atom is -0.356 e. The molecular weight excluding hydrogens is 491 g/mol. The van der Waals surface area contributed by atoms with E-state index in [0.29, 0.717) is 23.9 Å². The van der Waals surface area contributed by atoms with E-state index in [9.17, 15) is 4.79 Å². The van der Waals surface area contributed by atoms with Gasteiger partial charge >= 0.3 is 0 Å². The molecular formula is C22H45IN6O. The number of guanidine groups is 1. The summed E-state index contributed by atoms with van der Waals surface area (Å²) < 4.78 is 0. The van der Waals surface area contributed by atoms with E-state index < -0.39 is 0 Å². The predicted molar refractivity (Wildman–Crippen MR) is 137 cm³/mol. The van der Waals surface area contributed by atoms with Gasteiger partial charge in [-0.15, -0.1) is 24.0 Å². The molecule has 2 N–H and O–H groups in total. The van der Waals surface area contributed by atoms with Crippen LogP contribution in [0.4, 0.5) is 0 Å². The lowest BCUT2D eigenvalue weighted by atomic mass is 9.84. The van der Waals surface area contributed by atoms with Gasteiger partial charge in [-0.1, -0.05) is 6.42 Å². The van der Waals surface area contributed by atoms with Gasteiger partial charge in [0.15, 0.2) is 5.96 Å². The van der Waals surface area contributed by atoms with Crippen LogP contribution in [0.15, 0.2) is 4.99 Å². The summed E-state index contributed by atoms with van der Waals surface area (Å²) in [5.74, 6) is 1.60. The fourth-order valence-corrected chi connectivity index (χ4v) is 4.24. The van der Waals surface area contributed by atoms with Gasteiger partial charge in [0.05, 0.1) is 0 Å². The number of nitrogens with zero attached hydrogens (tertiary/aromatic N) is 4. The average molecular weight is 537 g/mol. The molecule has 30 heavy (non-hydrogen) atoms. The van der Waals surface area contributed by atoms with E-state index in [-0.39, 0.29) is 24.0 Å². The van der Waals surface area contributed by atoms with E-state index in [1.54, 1.807) is 0 Å². The normalized spacial score (nSPS) is 18.5. The van der Waals surface area contributed by atoms with Gasteiger partial charge in [0, 0.05) is 77.4 Å². The molecule has 1 saturated heterocycles. The maximum absolute atomic E-state index is 12.3. The molecule has 8 heteroatoms. The number of halogens is 1. The molecule has 0 radical (unpaired) electrons. The highest BCUT2D eigenvalue weighted by molar-refractivity contribution is 14.0. The highest BCUT2D eigenvalue weighted by atomic mass is 127. The van der Waals surface area contributed by atoms with E-state index in [1.807, 2.05) is 7.05 Å².